The molecule has 2 rings (SSSR count). The molecule has 3 nitrogen and oxygen atoms in total. The average Bonchev–Trinajstić information content (AvgIpc) is 2.72. The Morgan fingerprint density at radius 1 is 1.22 bits per heavy atom. The Balaban J connectivity index is 2.50. The van der Waals surface area contributed by atoms with E-state index in [1.165, 1.54) is 0 Å². The maximum atomic E-state index is 12.6. The van der Waals surface area contributed by atoms with Crippen LogP contribution in [0.1, 0.15) is 39.8 Å². The lowest BCUT2D eigenvalue weighted by Crippen LogP contribution is -2.11. The SMILES string of the molecule is CCn1nc(C)cc1C(=O)c1cc(C)ccc1C. The fourth-order valence-electron chi connectivity index (χ4n) is 2.09. The summed E-state index contributed by atoms with van der Waals surface area (Å²) < 4.78 is 1.76. The van der Waals surface area contributed by atoms with E-state index in [1.54, 1.807) is 4.68 Å². The largest absolute Gasteiger partial charge is 0.287 e. The molecular weight excluding hydrogens is 224 g/mol. The first-order chi connectivity index (χ1) is 8.52. The number of hydrogen-bond donors (Lipinski definition) is 0. The van der Waals surface area contributed by atoms with Gasteiger partial charge in [-0.2, -0.15) is 5.10 Å². The maximum Gasteiger partial charge on any atom is 0.211 e. The van der Waals surface area contributed by atoms with Crippen LogP contribution < -0.4 is 0 Å². The summed E-state index contributed by atoms with van der Waals surface area (Å²) in [5.41, 5.74) is 4.43. The number of carbonyl (C=O) groups excluding carboxylic acids is 1. The van der Waals surface area contributed by atoms with E-state index in [0.29, 0.717) is 12.2 Å². The van der Waals surface area contributed by atoms with Crippen molar-refractivity contribution < 1.29 is 4.79 Å². The van der Waals surface area contributed by atoms with Crippen LogP contribution in [0.15, 0.2) is 24.3 Å². The Bertz CT molecular complexity index is 597. The van der Waals surface area contributed by atoms with Gasteiger partial charge in [0.25, 0.3) is 0 Å². The zero-order valence-corrected chi connectivity index (χ0v) is 11.3. The second-order valence-corrected chi connectivity index (χ2v) is 4.63. The smallest absolute Gasteiger partial charge is 0.211 e. The Hall–Kier alpha value is -1.90. The minimum Gasteiger partial charge on any atom is -0.287 e. The van der Waals surface area contributed by atoms with E-state index >= 15 is 0 Å². The summed E-state index contributed by atoms with van der Waals surface area (Å²) in [6.45, 7) is 8.57. The zero-order valence-electron chi connectivity index (χ0n) is 11.3. The van der Waals surface area contributed by atoms with Crippen LogP contribution >= 0.6 is 0 Å². The van der Waals surface area contributed by atoms with Gasteiger partial charge in [0.05, 0.1) is 5.69 Å². The third kappa shape index (κ3) is 2.21. The van der Waals surface area contributed by atoms with Crippen LogP contribution in [0.4, 0.5) is 0 Å². The molecule has 1 aromatic heterocycles. The van der Waals surface area contributed by atoms with Gasteiger partial charge in [0.2, 0.25) is 5.78 Å². The predicted octanol–water partition coefficient (Wildman–Crippen LogP) is 3.06. The van der Waals surface area contributed by atoms with Crippen molar-refractivity contribution in [2.24, 2.45) is 0 Å². The molecule has 0 saturated heterocycles. The van der Waals surface area contributed by atoms with E-state index in [2.05, 4.69) is 5.10 Å². The van der Waals surface area contributed by atoms with Gasteiger partial charge in [-0.3, -0.25) is 9.48 Å². The van der Waals surface area contributed by atoms with Crippen LogP contribution in [0.2, 0.25) is 0 Å². The molecule has 2 aromatic rings. The summed E-state index contributed by atoms with van der Waals surface area (Å²) in [4.78, 5) is 12.6. The minimum absolute atomic E-state index is 0.0543. The van der Waals surface area contributed by atoms with Crippen molar-refractivity contribution in [3.8, 4) is 0 Å². The molecule has 0 aliphatic heterocycles. The number of ketones is 1. The summed E-state index contributed by atoms with van der Waals surface area (Å²) in [6, 6.07) is 7.81. The summed E-state index contributed by atoms with van der Waals surface area (Å²) in [6.07, 6.45) is 0. The van der Waals surface area contributed by atoms with E-state index in [0.717, 1.165) is 22.4 Å². The van der Waals surface area contributed by atoms with Gasteiger partial charge in [-0.05, 0) is 45.4 Å². The lowest BCUT2D eigenvalue weighted by Gasteiger charge is -2.07. The summed E-state index contributed by atoms with van der Waals surface area (Å²) in [5.74, 6) is 0.0543. The molecule has 0 unspecified atom stereocenters. The molecule has 3 heteroatoms. The quantitative estimate of drug-likeness (QED) is 0.775. The fourth-order valence-corrected chi connectivity index (χ4v) is 2.09. The van der Waals surface area contributed by atoms with Crippen molar-refractivity contribution in [2.75, 3.05) is 0 Å². The molecule has 0 N–H and O–H groups in total. The first-order valence-electron chi connectivity index (χ1n) is 6.19. The van der Waals surface area contributed by atoms with Gasteiger partial charge in [-0.15, -0.1) is 0 Å². The van der Waals surface area contributed by atoms with Gasteiger partial charge in [0.15, 0.2) is 0 Å². The number of benzene rings is 1. The van der Waals surface area contributed by atoms with Crippen molar-refractivity contribution >= 4 is 5.78 Å². The summed E-state index contributed by atoms with van der Waals surface area (Å²) in [5, 5.41) is 4.32. The van der Waals surface area contributed by atoms with Crippen LogP contribution in [-0.4, -0.2) is 15.6 Å². The molecule has 18 heavy (non-hydrogen) atoms. The minimum atomic E-state index is 0.0543. The Morgan fingerprint density at radius 3 is 2.61 bits per heavy atom. The van der Waals surface area contributed by atoms with Crippen molar-refractivity contribution in [1.29, 1.82) is 0 Å². The summed E-state index contributed by atoms with van der Waals surface area (Å²) >= 11 is 0. The van der Waals surface area contributed by atoms with Crippen molar-refractivity contribution in [3.05, 3.63) is 52.3 Å². The van der Waals surface area contributed by atoms with Gasteiger partial charge < -0.3 is 0 Å². The van der Waals surface area contributed by atoms with E-state index in [4.69, 9.17) is 0 Å². The molecule has 0 amide bonds. The van der Waals surface area contributed by atoms with Gasteiger partial charge in [-0.25, -0.2) is 0 Å². The predicted molar refractivity (Wildman–Crippen MR) is 72.0 cm³/mol. The van der Waals surface area contributed by atoms with Crippen LogP contribution in [0.25, 0.3) is 0 Å². The number of hydrogen-bond acceptors (Lipinski definition) is 2. The number of carbonyl (C=O) groups is 1. The molecule has 0 saturated carbocycles. The van der Waals surface area contributed by atoms with Gasteiger partial charge in [0.1, 0.15) is 5.69 Å². The fraction of sp³-hybridized carbons (Fsp3) is 0.333. The van der Waals surface area contributed by atoms with E-state index in [1.807, 2.05) is 52.0 Å². The molecule has 94 valence electrons. The van der Waals surface area contributed by atoms with Gasteiger partial charge in [0, 0.05) is 12.1 Å². The first kappa shape index (κ1) is 12.6. The van der Waals surface area contributed by atoms with Crippen LogP contribution in [0.3, 0.4) is 0 Å². The highest BCUT2D eigenvalue weighted by atomic mass is 16.1. The summed E-state index contributed by atoms with van der Waals surface area (Å²) in [7, 11) is 0. The average molecular weight is 242 g/mol. The van der Waals surface area contributed by atoms with Crippen LogP contribution in [-0.2, 0) is 6.54 Å². The normalized spacial score (nSPS) is 10.7. The monoisotopic (exact) mass is 242 g/mol. The second-order valence-electron chi connectivity index (χ2n) is 4.63. The molecule has 0 fully saturated rings. The third-order valence-electron chi connectivity index (χ3n) is 3.07. The lowest BCUT2D eigenvalue weighted by molar-refractivity contribution is 0.102. The molecule has 0 radical (unpaired) electrons. The van der Waals surface area contributed by atoms with E-state index in [9.17, 15) is 4.79 Å². The molecule has 0 aliphatic carbocycles. The number of rotatable bonds is 3. The maximum absolute atomic E-state index is 12.6. The second kappa shape index (κ2) is 4.77. The Morgan fingerprint density at radius 2 is 1.94 bits per heavy atom. The van der Waals surface area contributed by atoms with Gasteiger partial charge in [-0.1, -0.05) is 17.7 Å². The highest BCUT2D eigenvalue weighted by Crippen LogP contribution is 2.16. The first-order valence-corrected chi connectivity index (χ1v) is 6.19. The van der Waals surface area contributed by atoms with Crippen molar-refractivity contribution in [3.63, 3.8) is 0 Å². The standard InChI is InChI=1S/C15H18N2O/c1-5-17-14(9-12(4)16-17)15(18)13-8-10(2)6-7-11(13)3/h6-9H,5H2,1-4H3. The zero-order chi connectivity index (χ0) is 13.3. The Labute approximate surface area is 107 Å². The molecule has 1 heterocycles. The van der Waals surface area contributed by atoms with E-state index < -0.39 is 0 Å². The molecule has 0 spiro atoms. The van der Waals surface area contributed by atoms with Crippen LogP contribution in [0.5, 0.6) is 0 Å². The lowest BCUT2D eigenvalue weighted by atomic mass is 10.00. The molecule has 0 atom stereocenters. The number of nitrogens with zero attached hydrogens (tertiary/aromatic N) is 2. The topological polar surface area (TPSA) is 34.9 Å². The molecular formula is C15H18N2O. The highest BCUT2D eigenvalue weighted by molar-refractivity contribution is 6.09. The molecule has 0 bridgehead atoms. The van der Waals surface area contributed by atoms with Crippen molar-refractivity contribution in [1.82, 2.24) is 9.78 Å². The molecule has 1 aromatic carbocycles. The third-order valence-corrected chi connectivity index (χ3v) is 3.07. The highest BCUT2D eigenvalue weighted by Gasteiger charge is 2.17. The molecule has 0 aliphatic rings. The number of aryl methyl sites for hydroxylation is 4. The Kier molecular flexibility index (Phi) is 3.32. The van der Waals surface area contributed by atoms with E-state index in [-0.39, 0.29) is 5.78 Å². The number of aromatic nitrogens is 2. The van der Waals surface area contributed by atoms with Crippen molar-refractivity contribution in [2.45, 2.75) is 34.2 Å². The van der Waals surface area contributed by atoms with Gasteiger partial charge >= 0.3 is 0 Å². The van der Waals surface area contributed by atoms with Crippen LogP contribution in [0, 0.1) is 20.8 Å².